The first-order chi connectivity index (χ1) is 7.86. The lowest BCUT2D eigenvalue weighted by Gasteiger charge is -2.08. The van der Waals surface area contributed by atoms with Crippen molar-refractivity contribution in [3.8, 4) is 0 Å². The summed E-state index contributed by atoms with van der Waals surface area (Å²) in [6.45, 7) is 2.50. The minimum absolute atomic E-state index is 0.152. The summed E-state index contributed by atoms with van der Waals surface area (Å²) in [5, 5.41) is 3.28. The summed E-state index contributed by atoms with van der Waals surface area (Å²) >= 11 is 0. The highest BCUT2D eigenvalue weighted by atomic mass is 16.1. The topological polar surface area (TPSA) is 60.7 Å². The molecule has 1 saturated heterocycles. The Hall–Kier alpha value is -1.55. The number of imidazole rings is 1. The summed E-state index contributed by atoms with van der Waals surface area (Å²) in [7, 11) is 0. The summed E-state index contributed by atoms with van der Waals surface area (Å²) in [6, 6.07) is 7.47. The fourth-order valence-corrected chi connectivity index (χ4v) is 1.78. The molecule has 4 nitrogen and oxygen atoms in total. The molecule has 0 unspecified atom stereocenters. The molecule has 0 bridgehead atoms. The van der Waals surface area contributed by atoms with E-state index in [1.165, 1.54) is 32.4 Å². The first-order valence-electron chi connectivity index (χ1n) is 5.74. The second kappa shape index (κ2) is 5.51. The minimum Gasteiger partial charge on any atom is -0.317 e. The number of hydrogen-bond acceptors (Lipinski definition) is 2. The number of aromatic nitrogens is 2. The van der Waals surface area contributed by atoms with E-state index in [-0.39, 0.29) is 5.69 Å². The highest BCUT2D eigenvalue weighted by Crippen LogP contribution is 2.03. The van der Waals surface area contributed by atoms with Crippen LogP contribution in [-0.2, 0) is 0 Å². The molecular weight excluding hydrogens is 202 g/mol. The van der Waals surface area contributed by atoms with E-state index in [1.807, 2.05) is 24.3 Å². The van der Waals surface area contributed by atoms with E-state index in [4.69, 9.17) is 0 Å². The number of piperidine rings is 1. The van der Waals surface area contributed by atoms with E-state index < -0.39 is 0 Å². The lowest BCUT2D eigenvalue weighted by Crippen LogP contribution is -2.21. The summed E-state index contributed by atoms with van der Waals surface area (Å²) < 4.78 is 0. The monoisotopic (exact) mass is 219 g/mol. The Balaban J connectivity index is 0.000000138. The molecular formula is C12H17N3O. The third-order valence-electron chi connectivity index (χ3n) is 2.63. The van der Waals surface area contributed by atoms with Crippen LogP contribution in [0.1, 0.15) is 19.3 Å². The summed E-state index contributed by atoms with van der Waals surface area (Å²) in [4.78, 5) is 16.0. The van der Waals surface area contributed by atoms with Crippen molar-refractivity contribution in [1.82, 2.24) is 15.3 Å². The van der Waals surface area contributed by atoms with Crippen molar-refractivity contribution in [2.45, 2.75) is 19.3 Å². The van der Waals surface area contributed by atoms with E-state index in [1.54, 1.807) is 0 Å². The largest absolute Gasteiger partial charge is 0.323 e. The van der Waals surface area contributed by atoms with Crippen molar-refractivity contribution < 1.29 is 0 Å². The summed E-state index contributed by atoms with van der Waals surface area (Å²) in [5.41, 5.74) is 1.56. The van der Waals surface area contributed by atoms with Crippen molar-refractivity contribution in [3.63, 3.8) is 0 Å². The van der Waals surface area contributed by atoms with E-state index >= 15 is 0 Å². The average molecular weight is 219 g/mol. The second-order valence-corrected chi connectivity index (χ2v) is 3.94. The van der Waals surface area contributed by atoms with Crippen molar-refractivity contribution >= 4 is 11.0 Å². The molecule has 4 heteroatoms. The zero-order chi connectivity index (χ0) is 11.2. The maximum absolute atomic E-state index is 10.7. The van der Waals surface area contributed by atoms with Gasteiger partial charge in [0.25, 0.3) is 0 Å². The highest BCUT2D eigenvalue weighted by molar-refractivity contribution is 5.73. The standard InChI is InChI=1S/C7H6N2O.C5H11N/c10-7-8-5-3-1-2-4-6(5)9-7;1-2-4-6-5-3-1/h1-4H,(H2,8,9,10);6H,1-5H2. The molecule has 0 spiro atoms. The van der Waals surface area contributed by atoms with Gasteiger partial charge in [-0.1, -0.05) is 18.6 Å². The molecule has 0 radical (unpaired) electrons. The smallest absolute Gasteiger partial charge is 0.317 e. The van der Waals surface area contributed by atoms with Gasteiger partial charge in [0.15, 0.2) is 0 Å². The molecule has 0 aliphatic carbocycles. The molecule has 1 fully saturated rings. The van der Waals surface area contributed by atoms with Crippen LogP contribution in [0.15, 0.2) is 29.1 Å². The first-order valence-corrected chi connectivity index (χ1v) is 5.74. The molecule has 3 N–H and O–H groups in total. The fourth-order valence-electron chi connectivity index (χ4n) is 1.78. The molecule has 0 saturated carbocycles. The van der Waals surface area contributed by atoms with Gasteiger partial charge in [-0.05, 0) is 38.1 Å². The molecule has 1 aliphatic rings. The Labute approximate surface area is 94.1 Å². The van der Waals surface area contributed by atoms with Crippen molar-refractivity contribution in [2.75, 3.05) is 13.1 Å². The highest BCUT2D eigenvalue weighted by Gasteiger charge is 1.93. The number of para-hydroxylation sites is 2. The predicted octanol–water partition coefficient (Wildman–Crippen LogP) is 1.62. The zero-order valence-electron chi connectivity index (χ0n) is 9.25. The average Bonchev–Trinajstić information content (AvgIpc) is 2.72. The van der Waals surface area contributed by atoms with Crippen LogP contribution in [0.2, 0.25) is 0 Å². The molecule has 0 atom stereocenters. The van der Waals surface area contributed by atoms with E-state index in [0.717, 1.165) is 11.0 Å². The van der Waals surface area contributed by atoms with Gasteiger partial charge in [0, 0.05) is 0 Å². The molecule has 2 heterocycles. The summed E-state index contributed by atoms with van der Waals surface area (Å²) in [6.07, 6.45) is 4.22. The lowest BCUT2D eigenvalue weighted by atomic mass is 10.2. The van der Waals surface area contributed by atoms with Gasteiger partial charge in [-0.15, -0.1) is 0 Å². The SMILES string of the molecule is C1CCNCC1.O=c1[nH]c2ccccc2[nH]1. The Bertz CT molecular complexity index is 434. The zero-order valence-corrected chi connectivity index (χ0v) is 9.25. The van der Waals surface area contributed by atoms with Crippen LogP contribution in [0.5, 0.6) is 0 Å². The van der Waals surface area contributed by atoms with Crippen molar-refractivity contribution in [2.24, 2.45) is 0 Å². The van der Waals surface area contributed by atoms with Gasteiger partial charge in [0.2, 0.25) is 0 Å². The third-order valence-corrected chi connectivity index (χ3v) is 2.63. The van der Waals surface area contributed by atoms with Gasteiger partial charge < -0.3 is 15.3 Å². The van der Waals surface area contributed by atoms with Crippen LogP contribution in [0.3, 0.4) is 0 Å². The molecule has 16 heavy (non-hydrogen) atoms. The lowest BCUT2D eigenvalue weighted by molar-refractivity contribution is 0.520. The second-order valence-electron chi connectivity index (χ2n) is 3.94. The van der Waals surface area contributed by atoms with Crippen LogP contribution in [-0.4, -0.2) is 23.1 Å². The van der Waals surface area contributed by atoms with E-state index in [2.05, 4.69) is 15.3 Å². The molecule has 3 rings (SSSR count). The van der Waals surface area contributed by atoms with Crippen LogP contribution >= 0.6 is 0 Å². The van der Waals surface area contributed by atoms with Gasteiger partial charge in [-0.25, -0.2) is 4.79 Å². The fraction of sp³-hybridized carbons (Fsp3) is 0.417. The Morgan fingerprint density at radius 3 is 1.81 bits per heavy atom. The maximum Gasteiger partial charge on any atom is 0.323 e. The van der Waals surface area contributed by atoms with E-state index in [9.17, 15) is 4.79 Å². The van der Waals surface area contributed by atoms with Gasteiger partial charge in [-0.2, -0.15) is 0 Å². The van der Waals surface area contributed by atoms with E-state index in [0.29, 0.717) is 0 Å². The van der Waals surface area contributed by atoms with Crippen LogP contribution in [0, 0.1) is 0 Å². The van der Waals surface area contributed by atoms with Crippen LogP contribution in [0.25, 0.3) is 11.0 Å². The number of benzene rings is 1. The van der Waals surface area contributed by atoms with Crippen molar-refractivity contribution in [1.29, 1.82) is 0 Å². The Morgan fingerprint density at radius 1 is 0.875 bits per heavy atom. The number of H-pyrrole nitrogens is 2. The van der Waals surface area contributed by atoms with Gasteiger partial charge in [0.05, 0.1) is 11.0 Å². The molecule has 0 amide bonds. The Morgan fingerprint density at radius 2 is 1.44 bits per heavy atom. The number of nitrogens with one attached hydrogen (secondary N) is 3. The van der Waals surface area contributed by atoms with Crippen LogP contribution < -0.4 is 11.0 Å². The Kier molecular flexibility index (Phi) is 3.77. The summed E-state index contributed by atoms with van der Waals surface area (Å²) in [5.74, 6) is 0. The third kappa shape index (κ3) is 2.97. The first kappa shape index (κ1) is 11.0. The molecule has 86 valence electrons. The van der Waals surface area contributed by atoms with Gasteiger partial charge >= 0.3 is 5.69 Å². The quantitative estimate of drug-likeness (QED) is 0.630. The van der Waals surface area contributed by atoms with Gasteiger partial charge in [0.1, 0.15) is 0 Å². The van der Waals surface area contributed by atoms with Crippen molar-refractivity contribution in [3.05, 3.63) is 34.7 Å². The molecule has 1 aromatic carbocycles. The number of fused-ring (bicyclic) bond motifs is 1. The number of rotatable bonds is 0. The van der Waals surface area contributed by atoms with Crippen LogP contribution in [0.4, 0.5) is 0 Å². The maximum atomic E-state index is 10.7. The number of hydrogen-bond donors (Lipinski definition) is 3. The molecule has 1 aromatic heterocycles. The predicted molar refractivity (Wildman–Crippen MR) is 65.6 cm³/mol. The normalized spacial score (nSPS) is 15.5. The molecule has 2 aromatic rings. The van der Waals surface area contributed by atoms with Gasteiger partial charge in [-0.3, -0.25) is 0 Å². The molecule has 1 aliphatic heterocycles. The minimum atomic E-state index is -0.152. The number of aromatic amines is 2.